The number of hydrogen-bond donors (Lipinski definition) is 5. The molecule has 2 aliphatic rings. The fraction of sp³-hybridized carbons (Fsp3) is 0.474. The number of nitrogens with two attached hydrogens (primary N) is 1. The molecule has 1 amide bonds. The van der Waals surface area contributed by atoms with Crippen LogP contribution in [0, 0.1) is 5.92 Å². The minimum absolute atomic E-state index is 0.112. The lowest BCUT2D eigenvalue weighted by molar-refractivity contribution is -0.125. The molecule has 0 radical (unpaired) electrons. The van der Waals surface area contributed by atoms with Gasteiger partial charge in [0.15, 0.2) is 0 Å². The number of hydrazine groups is 1. The summed E-state index contributed by atoms with van der Waals surface area (Å²) in [6.07, 6.45) is 4.40. The average Bonchev–Trinajstić information content (AvgIpc) is 3.23. The number of rotatable bonds is 5. The molecular formula is C19H26N6O2. The van der Waals surface area contributed by atoms with E-state index in [2.05, 4.69) is 21.3 Å². The van der Waals surface area contributed by atoms with Crippen LogP contribution in [-0.4, -0.2) is 39.1 Å². The molecule has 1 saturated heterocycles. The third-order valence-corrected chi connectivity index (χ3v) is 5.62. The van der Waals surface area contributed by atoms with Crippen LogP contribution >= 0.6 is 0 Å². The summed E-state index contributed by atoms with van der Waals surface area (Å²) in [5.74, 6) is -0.0846. The van der Waals surface area contributed by atoms with Crippen LogP contribution < -0.4 is 21.9 Å². The molecule has 6 N–H and O–H groups in total. The van der Waals surface area contributed by atoms with Crippen molar-refractivity contribution in [2.45, 2.75) is 43.1 Å². The second-order valence-electron chi connectivity index (χ2n) is 7.55. The summed E-state index contributed by atoms with van der Waals surface area (Å²) in [5, 5.41) is 17.1. The lowest BCUT2D eigenvalue weighted by atomic mass is 9.75. The number of nitrogens with one attached hydrogen (secondary N) is 3. The molecule has 144 valence electrons. The number of aliphatic hydroxyl groups excluding tert-OH is 1. The fourth-order valence-corrected chi connectivity index (χ4v) is 4.10. The first kappa shape index (κ1) is 18.1. The SMILES string of the molecule is Cn1cc(C(NC(=O)C2NNC(N)C2c2ccccc2)C2CC(O)C2)cn1. The highest BCUT2D eigenvalue weighted by Crippen LogP contribution is 2.38. The van der Waals surface area contributed by atoms with Gasteiger partial charge in [-0.3, -0.25) is 9.48 Å². The average molecular weight is 370 g/mol. The molecule has 27 heavy (non-hydrogen) atoms. The molecule has 2 fully saturated rings. The molecule has 1 aliphatic heterocycles. The number of carbonyl (C=O) groups excluding carboxylic acids is 1. The number of benzene rings is 1. The number of aliphatic hydroxyl groups is 1. The van der Waals surface area contributed by atoms with E-state index < -0.39 is 6.04 Å². The van der Waals surface area contributed by atoms with Gasteiger partial charge in [-0.2, -0.15) is 5.10 Å². The Morgan fingerprint density at radius 1 is 1.33 bits per heavy atom. The van der Waals surface area contributed by atoms with Crippen molar-refractivity contribution >= 4 is 5.91 Å². The van der Waals surface area contributed by atoms with Crippen LogP contribution in [0.3, 0.4) is 0 Å². The van der Waals surface area contributed by atoms with Crippen molar-refractivity contribution in [2.24, 2.45) is 18.7 Å². The summed E-state index contributed by atoms with van der Waals surface area (Å²) in [4.78, 5) is 13.1. The lowest BCUT2D eigenvalue weighted by Gasteiger charge is -2.38. The molecule has 1 aliphatic carbocycles. The Morgan fingerprint density at radius 2 is 2.07 bits per heavy atom. The van der Waals surface area contributed by atoms with Crippen LogP contribution in [0.25, 0.3) is 0 Å². The maximum atomic E-state index is 13.1. The van der Waals surface area contributed by atoms with Gasteiger partial charge in [0.25, 0.3) is 0 Å². The van der Waals surface area contributed by atoms with Gasteiger partial charge in [0.1, 0.15) is 6.04 Å². The van der Waals surface area contributed by atoms with Crippen LogP contribution in [0.4, 0.5) is 0 Å². The Bertz CT molecular complexity index is 789. The molecule has 1 aromatic heterocycles. The standard InChI is InChI=1S/C19H26N6O2/c1-25-10-13(9-21-25)16(12-7-14(26)8-12)22-19(27)17-15(18(20)24-23-17)11-5-3-2-4-6-11/h2-6,9-10,12,14-18,23-24,26H,7-8,20H2,1H3,(H,22,27). The van der Waals surface area contributed by atoms with Gasteiger partial charge in [-0.15, -0.1) is 0 Å². The Hall–Kier alpha value is -2.26. The van der Waals surface area contributed by atoms with E-state index in [0.29, 0.717) is 12.8 Å². The molecule has 0 bridgehead atoms. The van der Waals surface area contributed by atoms with Crippen LogP contribution in [0.2, 0.25) is 0 Å². The topological polar surface area (TPSA) is 117 Å². The van der Waals surface area contributed by atoms with E-state index in [9.17, 15) is 9.90 Å². The van der Waals surface area contributed by atoms with Gasteiger partial charge < -0.3 is 16.2 Å². The van der Waals surface area contributed by atoms with E-state index in [1.165, 1.54) is 0 Å². The van der Waals surface area contributed by atoms with Crippen LogP contribution in [0.5, 0.6) is 0 Å². The van der Waals surface area contributed by atoms with Gasteiger partial charge in [-0.05, 0) is 24.3 Å². The molecule has 4 unspecified atom stereocenters. The van der Waals surface area contributed by atoms with Crippen molar-refractivity contribution in [3.63, 3.8) is 0 Å². The highest BCUT2D eigenvalue weighted by Gasteiger charge is 2.42. The van der Waals surface area contributed by atoms with Crippen molar-refractivity contribution < 1.29 is 9.90 Å². The summed E-state index contributed by atoms with van der Waals surface area (Å²) in [6.45, 7) is 0. The van der Waals surface area contributed by atoms with Gasteiger partial charge in [0, 0.05) is 24.7 Å². The Morgan fingerprint density at radius 3 is 2.70 bits per heavy atom. The zero-order valence-electron chi connectivity index (χ0n) is 15.2. The second kappa shape index (κ2) is 7.40. The third kappa shape index (κ3) is 3.61. The maximum absolute atomic E-state index is 13.1. The summed E-state index contributed by atoms with van der Waals surface area (Å²) in [7, 11) is 1.85. The maximum Gasteiger partial charge on any atom is 0.239 e. The van der Waals surface area contributed by atoms with Crippen molar-refractivity contribution in [3.8, 4) is 0 Å². The van der Waals surface area contributed by atoms with Gasteiger partial charge in [-0.1, -0.05) is 30.3 Å². The minimum atomic E-state index is -0.480. The first-order valence-corrected chi connectivity index (χ1v) is 9.31. The number of amides is 1. The Labute approximate surface area is 158 Å². The van der Waals surface area contributed by atoms with Gasteiger partial charge >= 0.3 is 0 Å². The van der Waals surface area contributed by atoms with Gasteiger partial charge in [0.2, 0.25) is 5.91 Å². The normalized spacial score (nSPS) is 31.3. The molecule has 8 heteroatoms. The van der Waals surface area contributed by atoms with Crippen molar-refractivity contribution in [1.29, 1.82) is 0 Å². The van der Waals surface area contributed by atoms with E-state index in [4.69, 9.17) is 5.73 Å². The summed E-state index contributed by atoms with van der Waals surface area (Å²) < 4.78 is 1.72. The van der Waals surface area contributed by atoms with Crippen LogP contribution in [-0.2, 0) is 11.8 Å². The smallest absolute Gasteiger partial charge is 0.239 e. The van der Waals surface area contributed by atoms with E-state index in [1.807, 2.05) is 43.6 Å². The first-order valence-electron chi connectivity index (χ1n) is 9.31. The Balaban J connectivity index is 1.53. The molecule has 1 saturated carbocycles. The van der Waals surface area contributed by atoms with Crippen LogP contribution in [0.1, 0.15) is 35.9 Å². The van der Waals surface area contributed by atoms with Crippen LogP contribution in [0.15, 0.2) is 42.7 Å². The van der Waals surface area contributed by atoms with Gasteiger partial charge in [-0.25, -0.2) is 10.9 Å². The third-order valence-electron chi connectivity index (χ3n) is 5.62. The predicted octanol–water partition coefficient (Wildman–Crippen LogP) is -0.107. The van der Waals surface area contributed by atoms with E-state index in [1.54, 1.807) is 10.9 Å². The fourth-order valence-electron chi connectivity index (χ4n) is 4.10. The molecular weight excluding hydrogens is 344 g/mol. The Kier molecular flexibility index (Phi) is 4.96. The van der Waals surface area contributed by atoms with E-state index in [0.717, 1.165) is 11.1 Å². The predicted molar refractivity (Wildman–Crippen MR) is 100 cm³/mol. The van der Waals surface area contributed by atoms with E-state index >= 15 is 0 Å². The molecule has 4 atom stereocenters. The molecule has 2 aromatic rings. The summed E-state index contributed by atoms with van der Waals surface area (Å²) in [6, 6.07) is 9.16. The number of hydrogen-bond acceptors (Lipinski definition) is 6. The highest BCUT2D eigenvalue weighted by atomic mass is 16.3. The molecule has 2 heterocycles. The number of aromatic nitrogens is 2. The number of aryl methyl sites for hydroxylation is 1. The summed E-state index contributed by atoms with van der Waals surface area (Å²) >= 11 is 0. The largest absolute Gasteiger partial charge is 0.393 e. The zero-order chi connectivity index (χ0) is 19.0. The quantitative estimate of drug-likeness (QED) is 0.502. The highest BCUT2D eigenvalue weighted by molar-refractivity contribution is 5.84. The monoisotopic (exact) mass is 370 g/mol. The second-order valence-corrected chi connectivity index (χ2v) is 7.55. The summed E-state index contributed by atoms with van der Waals surface area (Å²) in [5.41, 5.74) is 14.2. The first-order chi connectivity index (χ1) is 13.0. The van der Waals surface area contributed by atoms with E-state index in [-0.39, 0.29) is 36.1 Å². The zero-order valence-corrected chi connectivity index (χ0v) is 15.2. The molecule has 4 rings (SSSR count). The molecule has 1 aromatic carbocycles. The lowest BCUT2D eigenvalue weighted by Crippen LogP contribution is -2.49. The number of nitrogens with zero attached hydrogens (tertiary/aromatic N) is 2. The van der Waals surface area contributed by atoms with Crippen molar-refractivity contribution in [1.82, 2.24) is 25.9 Å². The molecule has 8 nitrogen and oxygen atoms in total. The van der Waals surface area contributed by atoms with Crippen molar-refractivity contribution in [3.05, 3.63) is 53.9 Å². The number of carbonyl (C=O) groups is 1. The minimum Gasteiger partial charge on any atom is -0.393 e. The molecule has 0 spiro atoms. The van der Waals surface area contributed by atoms with Crippen molar-refractivity contribution in [2.75, 3.05) is 0 Å². The van der Waals surface area contributed by atoms with Gasteiger partial charge in [0.05, 0.1) is 24.5 Å².